The zero-order valence-corrected chi connectivity index (χ0v) is 12.2. The monoisotopic (exact) mass is 264 g/mol. The number of nitrogens with one attached hydrogen (secondary N) is 2. The van der Waals surface area contributed by atoms with Crippen molar-refractivity contribution in [3.8, 4) is 5.75 Å². The van der Waals surface area contributed by atoms with Crippen LogP contribution in [0.3, 0.4) is 0 Å². The Balaban J connectivity index is 2.42. The molecule has 0 aromatic heterocycles. The van der Waals surface area contributed by atoms with Crippen LogP contribution in [-0.4, -0.2) is 18.2 Å². The van der Waals surface area contributed by atoms with E-state index in [0.29, 0.717) is 13.1 Å². The van der Waals surface area contributed by atoms with Gasteiger partial charge in [0.25, 0.3) is 0 Å². The highest BCUT2D eigenvalue weighted by Crippen LogP contribution is 2.18. The van der Waals surface area contributed by atoms with Crippen LogP contribution in [0.15, 0.2) is 24.3 Å². The van der Waals surface area contributed by atoms with Crippen molar-refractivity contribution in [1.82, 2.24) is 10.6 Å². The highest BCUT2D eigenvalue weighted by atomic mass is 16.5. The molecule has 0 heterocycles. The fourth-order valence-corrected chi connectivity index (χ4v) is 1.51. The van der Waals surface area contributed by atoms with Crippen LogP contribution < -0.4 is 15.4 Å². The Labute approximate surface area is 115 Å². The first-order valence-electron chi connectivity index (χ1n) is 6.70. The van der Waals surface area contributed by atoms with Gasteiger partial charge in [0.2, 0.25) is 0 Å². The van der Waals surface area contributed by atoms with Crippen molar-refractivity contribution in [2.75, 3.05) is 6.54 Å². The second-order valence-corrected chi connectivity index (χ2v) is 5.47. The fraction of sp³-hybridized carbons (Fsp3) is 0.533. The number of carbonyl (C=O) groups excluding carboxylic acids is 1. The minimum Gasteiger partial charge on any atom is -0.488 e. The average molecular weight is 264 g/mol. The lowest BCUT2D eigenvalue weighted by Crippen LogP contribution is -2.35. The molecule has 0 radical (unpaired) electrons. The van der Waals surface area contributed by atoms with E-state index in [4.69, 9.17) is 4.74 Å². The van der Waals surface area contributed by atoms with Crippen molar-refractivity contribution in [2.24, 2.45) is 0 Å². The highest BCUT2D eigenvalue weighted by Gasteiger charge is 2.11. The number of rotatable bonds is 5. The van der Waals surface area contributed by atoms with E-state index >= 15 is 0 Å². The topological polar surface area (TPSA) is 50.4 Å². The summed E-state index contributed by atoms with van der Waals surface area (Å²) in [6.07, 6.45) is 0.937. The first kappa shape index (κ1) is 15.3. The first-order chi connectivity index (χ1) is 8.90. The maximum atomic E-state index is 11.4. The maximum Gasteiger partial charge on any atom is 0.315 e. The van der Waals surface area contributed by atoms with Crippen LogP contribution in [0.1, 0.15) is 39.7 Å². The lowest BCUT2D eigenvalue weighted by atomic mass is 10.1. The number of carbonyl (C=O) groups is 1. The van der Waals surface area contributed by atoms with Gasteiger partial charge in [0.05, 0.1) is 0 Å². The first-order valence-corrected chi connectivity index (χ1v) is 6.70. The van der Waals surface area contributed by atoms with Crippen molar-refractivity contribution >= 4 is 6.03 Å². The van der Waals surface area contributed by atoms with Gasteiger partial charge in [0, 0.05) is 13.1 Å². The van der Waals surface area contributed by atoms with Crippen LogP contribution in [0.25, 0.3) is 0 Å². The van der Waals surface area contributed by atoms with Gasteiger partial charge in [-0.05, 0) is 44.9 Å². The van der Waals surface area contributed by atoms with Gasteiger partial charge < -0.3 is 15.4 Å². The molecule has 0 saturated heterocycles. The van der Waals surface area contributed by atoms with E-state index in [1.807, 2.05) is 52.0 Å². The third-order valence-electron chi connectivity index (χ3n) is 2.34. The van der Waals surface area contributed by atoms with Crippen LogP contribution >= 0.6 is 0 Å². The Kier molecular flexibility index (Phi) is 5.67. The quantitative estimate of drug-likeness (QED) is 0.858. The zero-order chi connectivity index (χ0) is 14.3. The molecule has 0 aliphatic carbocycles. The molecular formula is C15H24N2O2. The van der Waals surface area contributed by atoms with Crippen molar-refractivity contribution in [3.05, 3.63) is 29.8 Å². The average Bonchev–Trinajstić information content (AvgIpc) is 2.33. The van der Waals surface area contributed by atoms with E-state index in [1.165, 1.54) is 0 Å². The van der Waals surface area contributed by atoms with Gasteiger partial charge in [-0.2, -0.15) is 0 Å². The van der Waals surface area contributed by atoms with Crippen LogP contribution in [0.2, 0.25) is 0 Å². The predicted molar refractivity (Wildman–Crippen MR) is 77.4 cm³/mol. The molecule has 2 amide bonds. The van der Waals surface area contributed by atoms with E-state index in [0.717, 1.165) is 17.7 Å². The second-order valence-electron chi connectivity index (χ2n) is 5.47. The number of urea groups is 1. The molecule has 0 aliphatic rings. The Morgan fingerprint density at radius 1 is 1.16 bits per heavy atom. The molecule has 4 nitrogen and oxygen atoms in total. The van der Waals surface area contributed by atoms with Crippen LogP contribution in [-0.2, 0) is 6.54 Å². The van der Waals surface area contributed by atoms with Gasteiger partial charge >= 0.3 is 6.03 Å². The minimum absolute atomic E-state index is 0.128. The fourth-order valence-electron chi connectivity index (χ4n) is 1.51. The van der Waals surface area contributed by atoms with Crippen LogP contribution in [0, 0.1) is 0 Å². The van der Waals surface area contributed by atoms with Gasteiger partial charge in [-0.1, -0.05) is 19.1 Å². The minimum atomic E-state index is -0.195. The number of hydrogen-bond donors (Lipinski definition) is 2. The molecule has 2 N–H and O–H groups in total. The molecule has 1 aromatic rings. The third kappa shape index (κ3) is 6.70. The summed E-state index contributed by atoms with van der Waals surface area (Å²) < 4.78 is 5.74. The van der Waals surface area contributed by atoms with Gasteiger partial charge in [0.1, 0.15) is 11.4 Å². The summed E-state index contributed by atoms with van der Waals surface area (Å²) in [4.78, 5) is 11.4. The van der Waals surface area contributed by atoms with Gasteiger partial charge in [0.15, 0.2) is 0 Å². The van der Waals surface area contributed by atoms with Crippen molar-refractivity contribution < 1.29 is 9.53 Å². The summed E-state index contributed by atoms with van der Waals surface area (Å²) in [6.45, 7) is 9.28. The number of benzene rings is 1. The Morgan fingerprint density at radius 3 is 2.32 bits per heavy atom. The summed E-state index contributed by atoms with van der Waals surface area (Å²) in [7, 11) is 0. The van der Waals surface area contributed by atoms with Crippen molar-refractivity contribution in [2.45, 2.75) is 46.3 Å². The van der Waals surface area contributed by atoms with Crippen molar-refractivity contribution in [3.63, 3.8) is 0 Å². The molecule has 1 aromatic carbocycles. The van der Waals surface area contributed by atoms with E-state index in [9.17, 15) is 4.79 Å². The van der Waals surface area contributed by atoms with Crippen molar-refractivity contribution in [1.29, 1.82) is 0 Å². The highest BCUT2D eigenvalue weighted by molar-refractivity contribution is 5.73. The summed E-state index contributed by atoms with van der Waals surface area (Å²) in [6, 6.07) is 7.64. The Morgan fingerprint density at radius 2 is 1.79 bits per heavy atom. The molecule has 0 atom stereocenters. The predicted octanol–water partition coefficient (Wildman–Crippen LogP) is 3.07. The molecule has 106 valence electrons. The molecule has 19 heavy (non-hydrogen) atoms. The second kappa shape index (κ2) is 7.02. The SMILES string of the molecule is CCCNC(=O)NCc1ccc(OC(C)(C)C)cc1. The zero-order valence-electron chi connectivity index (χ0n) is 12.2. The molecule has 0 unspecified atom stereocenters. The smallest absolute Gasteiger partial charge is 0.315 e. The standard InChI is InChI=1S/C15H24N2O2/c1-5-10-16-14(18)17-11-12-6-8-13(9-7-12)19-15(2,3)4/h6-9H,5,10-11H2,1-4H3,(H2,16,17,18). The van der Waals surface area contributed by atoms with E-state index < -0.39 is 0 Å². The summed E-state index contributed by atoms with van der Waals surface area (Å²) in [5, 5.41) is 5.58. The van der Waals surface area contributed by atoms with Crippen LogP contribution in [0.5, 0.6) is 5.75 Å². The van der Waals surface area contributed by atoms with Crippen LogP contribution in [0.4, 0.5) is 4.79 Å². The van der Waals surface area contributed by atoms with E-state index in [2.05, 4.69) is 10.6 Å². The molecule has 4 heteroatoms. The van der Waals surface area contributed by atoms with Gasteiger partial charge in [-0.15, -0.1) is 0 Å². The van der Waals surface area contributed by atoms with Gasteiger partial charge in [-0.25, -0.2) is 4.79 Å². The summed E-state index contributed by atoms with van der Waals surface area (Å²) in [5.74, 6) is 0.840. The normalized spacial score (nSPS) is 10.9. The lowest BCUT2D eigenvalue weighted by molar-refractivity contribution is 0.131. The molecule has 1 rings (SSSR count). The molecule has 0 spiro atoms. The summed E-state index contributed by atoms with van der Waals surface area (Å²) >= 11 is 0. The third-order valence-corrected chi connectivity index (χ3v) is 2.34. The molecule has 0 fully saturated rings. The molecule has 0 aliphatic heterocycles. The molecule has 0 saturated carbocycles. The maximum absolute atomic E-state index is 11.4. The van der Waals surface area contributed by atoms with Gasteiger partial charge in [-0.3, -0.25) is 0 Å². The van der Waals surface area contributed by atoms with E-state index in [-0.39, 0.29) is 11.6 Å². The summed E-state index contributed by atoms with van der Waals surface area (Å²) in [5.41, 5.74) is 0.854. The number of hydrogen-bond acceptors (Lipinski definition) is 2. The molecular weight excluding hydrogens is 240 g/mol. The van der Waals surface area contributed by atoms with E-state index in [1.54, 1.807) is 0 Å². The largest absolute Gasteiger partial charge is 0.488 e. The number of ether oxygens (including phenoxy) is 1. The number of amides is 2. The lowest BCUT2D eigenvalue weighted by Gasteiger charge is -2.21. The Hall–Kier alpha value is -1.71. The molecule has 0 bridgehead atoms. The Bertz CT molecular complexity index is 394.